The quantitative estimate of drug-likeness (QED) is 0.258. The number of nitrogens with zero attached hydrogens (tertiary/aromatic N) is 3. The topological polar surface area (TPSA) is 69.0 Å². The Balaban J connectivity index is 1.42. The van der Waals surface area contributed by atoms with Crippen molar-refractivity contribution in [1.29, 1.82) is 0 Å². The molecule has 0 aliphatic heterocycles. The molecule has 1 N–H and O–H groups in total. The number of hydrogen-bond acceptors (Lipinski definition) is 5. The zero-order chi connectivity index (χ0) is 22.3. The van der Waals surface area contributed by atoms with Crippen molar-refractivity contribution < 1.29 is 9.53 Å². The van der Waals surface area contributed by atoms with Crippen molar-refractivity contribution in [1.82, 2.24) is 14.8 Å². The number of hydrogen-bond donors (Lipinski definition) is 1. The van der Waals surface area contributed by atoms with Crippen molar-refractivity contribution in [3.63, 3.8) is 0 Å². The lowest BCUT2D eigenvalue weighted by atomic mass is 10.1. The molecular formula is C24H21ClN4O2S. The molecule has 3 aromatic carbocycles. The normalized spacial score (nSPS) is 10.8. The van der Waals surface area contributed by atoms with Crippen LogP contribution in [-0.4, -0.2) is 26.4 Å². The third-order valence-corrected chi connectivity index (χ3v) is 5.89. The fourth-order valence-electron chi connectivity index (χ4n) is 3.17. The standard InChI is InChI=1S/C24H21ClN4O2S/c1-2-14-29-22(15-31-21-9-5-7-17-6-3-4-8-20(17)21)27-28-24(29)32-16-23(30)26-19-12-10-18(25)11-13-19/h2-13H,1,14-16H2,(H,26,30). The van der Waals surface area contributed by atoms with Gasteiger partial charge in [-0.3, -0.25) is 9.36 Å². The molecule has 0 aliphatic rings. The van der Waals surface area contributed by atoms with Gasteiger partial charge in [0, 0.05) is 22.6 Å². The van der Waals surface area contributed by atoms with Gasteiger partial charge in [-0.2, -0.15) is 0 Å². The SMILES string of the molecule is C=CCn1c(COc2cccc3ccccc23)nnc1SCC(=O)Nc1ccc(Cl)cc1. The van der Waals surface area contributed by atoms with Crippen LogP contribution in [0.1, 0.15) is 5.82 Å². The van der Waals surface area contributed by atoms with Crippen molar-refractivity contribution in [3.05, 3.63) is 90.2 Å². The van der Waals surface area contributed by atoms with E-state index in [1.807, 2.05) is 47.0 Å². The van der Waals surface area contributed by atoms with Gasteiger partial charge in [0.15, 0.2) is 11.0 Å². The Morgan fingerprint density at radius 3 is 2.69 bits per heavy atom. The molecule has 0 saturated heterocycles. The molecule has 8 heteroatoms. The van der Waals surface area contributed by atoms with Crippen LogP contribution in [0.4, 0.5) is 5.69 Å². The van der Waals surface area contributed by atoms with Gasteiger partial charge in [0.05, 0.1) is 5.75 Å². The molecule has 0 saturated carbocycles. The van der Waals surface area contributed by atoms with E-state index in [1.165, 1.54) is 11.8 Å². The second kappa shape index (κ2) is 10.3. The van der Waals surface area contributed by atoms with E-state index in [0.717, 1.165) is 16.5 Å². The molecule has 1 aromatic heterocycles. The predicted octanol–water partition coefficient (Wildman–Crippen LogP) is 5.58. The lowest BCUT2D eigenvalue weighted by molar-refractivity contribution is -0.113. The minimum Gasteiger partial charge on any atom is -0.485 e. The van der Waals surface area contributed by atoms with Crippen LogP contribution in [0, 0.1) is 0 Å². The fourth-order valence-corrected chi connectivity index (χ4v) is 4.06. The third-order valence-electron chi connectivity index (χ3n) is 4.67. The fraction of sp³-hybridized carbons (Fsp3) is 0.125. The van der Waals surface area contributed by atoms with E-state index < -0.39 is 0 Å². The van der Waals surface area contributed by atoms with E-state index in [-0.39, 0.29) is 18.3 Å². The van der Waals surface area contributed by atoms with Crippen LogP contribution in [0.15, 0.2) is 84.5 Å². The number of fused-ring (bicyclic) bond motifs is 1. The lowest BCUT2D eigenvalue weighted by Crippen LogP contribution is -2.15. The van der Waals surface area contributed by atoms with Crippen LogP contribution in [0.25, 0.3) is 10.8 Å². The number of rotatable bonds is 9. The van der Waals surface area contributed by atoms with E-state index in [0.29, 0.717) is 28.2 Å². The number of benzene rings is 3. The third kappa shape index (κ3) is 5.30. The average Bonchev–Trinajstić information content (AvgIpc) is 3.19. The number of anilines is 1. The number of amides is 1. The molecule has 32 heavy (non-hydrogen) atoms. The van der Waals surface area contributed by atoms with Crippen LogP contribution in [-0.2, 0) is 17.9 Å². The molecule has 1 heterocycles. The Labute approximate surface area is 195 Å². The Hall–Kier alpha value is -3.29. The largest absolute Gasteiger partial charge is 0.485 e. The molecule has 4 rings (SSSR count). The molecule has 0 bridgehead atoms. The first kappa shape index (κ1) is 21.9. The van der Waals surface area contributed by atoms with Crippen molar-refractivity contribution in [3.8, 4) is 5.75 Å². The first-order valence-electron chi connectivity index (χ1n) is 9.96. The second-order valence-electron chi connectivity index (χ2n) is 6.91. The number of nitrogens with one attached hydrogen (secondary N) is 1. The molecule has 0 unspecified atom stereocenters. The van der Waals surface area contributed by atoms with Crippen LogP contribution in [0.3, 0.4) is 0 Å². The Kier molecular flexibility index (Phi) is 7.09. The minimum atomic E-state index is -0.140. The summed E-state index contributed by atoms with van der Waals surface area (Å²) in [4.78, 5) is 12.3. The number of allylic oxidation sites excluding steroid dienone is 1. The number of halogens is 1. The molecule has 1 amide bonds. The maximum absolute atomic E-state index is 12.3. The summed E-state index contributed by atoms with van der Waals surface area (Å²) in [5.74, 6) is 1.51. The van der Waals surface area contributed by atoms with E-state index in [1.54, 1.807) is 30.3 Å². The summed E-state index contributed by atoms with van der Waals surface area (Å²) in [6.45, 7) is 4.59. The predicted molar refractivity (Wildman–Crippen MR) is 129 cm³/mol. The van der Waals surface area contributed by atoms with Gasteiger partial charge in [0.2, 0.25) is 5.91 Å². The zero-order valence-electron chi connectivity index (χ0n) is 17.2. The van der Waals surface area contributed by atoms with Gasteiger partial charge in [0.25, 0.3) is 0 Å². The lowest BCUT2D eigenvalue weighted by Gasteiger charge is -2.11. The molecule has 162 valence electrons. The van der Waals surface area contributed by atoms with E-state index in [4.69, 9.17) is 16.3 Å². The average molecular weight is 465 g/mol. The summed E-state index contributed by atoms with van der Waals surface area (Å²) in [7, 11) is 0. The maximum atomic E-state index is 12.3. The van der Waals surface area contributed by atoms with Gasteiger partial charge in [-0.05, 0) is 35.7 Å². The van der Waals surface area contributed by atoms with E-state index in [2.05, 4.69) is 22.1 Å². The van der Waals surface area contributed by atoms with E-state index >= 15 is 0 Å². The first-order valence-corrected chi connectivity index (χ1v) is 11.3. The highest BCUT2D eigenvalue weighted by Gasteiger charge is 2.15. The monoisotopic (exact) mass is 464 g/mol. The van der Waals surface area contributed by atoms with Gasteiger partial charge >= 0.3 is 0 Å². The summed E-state index contributed by atoms with van der Waals surface area (Å²) < 4.78 is 7.96. The molecule has 0 fully saturated rings. The Bertz CT molecular complexity index is 1240. The van der Waals surface area contributed by atoms with Crippen LogP contribution >= 0.6 is 23.4 Å². The van der Waals surface area contributed by atoms with Gasteiger partial charge in [-0.1, -0.05) is 65.8 Å². The molecule has 4 aromatic rings. The summed E-state index contributed by atoms with van der Waals surface area (Å²) in [5.41, 5.74) is 0.691. The summed E-state index contributed by atoms with van der Waals surface area (Å²) >= 11 is 7.19. The highest BCUT2D eigenvalue weighted by Crippen LogP contribution is 2.26. The summed E-state index contributed by atoms with van der Waals surface area (Å²) in [6.07, 6.45) is 1.77. The van der Waals surface area contributed by atoms with Crippen LogP contribution < -0.4 is 10.1 Å². The number of ether oxygens (including phenoxy) is 1. The minimum absolute atomic E-state index is 0.140. The van der Waals surface area contributed by atoms with E-state index in [9.17, 15) is 4.79 Å². The van der Waals surface area contributed by atoms with Crippen molar-refractivity contribution in [2.75, 3.05) is 11.1 Å². The molecular weight excluding hydrogens is 444 g/mol. The molecule has 0 aliphatic carbocycles. The smallest absolute Gasteiger partial charge is 0.234 e. The van der Waals surface area contributed by atoms with Crippen LogP contribution in [0.2, 0.25) is 5.02 Å². The molecule has 0 atom stereocenters. The van der Waals surface area contributed by atoms with Crippen molar-refractivity contribution in [2.45, 2.75) is 18.3 Å². The van der Waals surface area contributed by atoms with Crippen molar-refractivity contribution >= 4 is 45.7 Å². The zero-order valence-corrected chi connectivity index (χ0v) is 18.8. The highest BCUT2D eigenvalue weighted by atomic mass is 35.5. The van der Waals surface area contributed by atoms with Gasteiger partial charge in [-0.25, -0.2) is 0 Å². The number of carbonyl (C=O) groups is 1. The van der Waals surface area contributed by atoms with Crippen molar-refractivity contribution in [2.24, 2.45) is 0 Å². The Morgan fingerprint density at radius 1 is 1.09 bits per heavy atom. The Morgan fingerprint density at radius 2 is 1.88 bits per heavy atom. The first-order chi connectivity index (χ1) is 15.6. The number of aromatic nitrogens is 3. The number of carbonyl (C=O) groups excluding carboxylic acids is 1. The molecule has 0 spiro atoms. The van der Waals surface area contributed by atoms with Crippen LogP contribution in [0.5, 0.6) is 5.75 Å². The van der Waals surface area contributed by atoms with Gasteiger partial charge < -0.3 is 10.1 Å². The number of thioether (sulfide) groups is 1. The highest BCUT2D eigenvalue weighted by molar-refractivity contribution is 7.99. The maximum Gasteiger partial charge on any atom is 0.234 e. The van der Waals surface area contributed by atoms with Gasteiger partial charge in [-0.15, -0.1) is 16.8 Å². The second-order valence-corrected chi connectivity index (χ2v) is 8.29. The summed E-state index contributed by atoms with van der Waals surface area (Å²) in [6, 6.07) is 21.0. The molecule has 6 nitrogen and oxygen atoms in total. The summed E-state index contributed by atoms with van der Waals surface area (Å²) in [5, 5.41) is 14.8. The molecule has 0 radical (unpaired) electrons. The van der Waals surface area contributed by atoms with Gasteiger partial charge in [0.1, 0.15) is 12.4 Å².